The molecule has 3 aromatic rings. The summed E-state index contributed by atoms with van der Waals surface area (Å²) in [6.07, 6.45) is 3.74. The van der Waals surface area contributed by atoms with E-state index in [-0.39, 0.29) is 11.7 Å². The number of anilines is 1. The van der Waals surface area contributed by atoms with Crippen molar-refractivity contribution in [1.82, 2.24) is 20.0 Å². The second kappa shape index (κ2) is 9.12. The molecule has 2 fully saturated rings. The van der Waals surface area contributed by atoms with E-state index in [0.29, 0.717) is 19.0 Å². The zero-order chi connectivity index (χ0) is 21.9. The molecule has 166 valence electrons. The molecule has 6 nitrogen and oxygen atoms in total. The van der Waals surface area contributed by atoms with Gasteiger partial charge in [-0.2, -0.15) is 5.10 Å². The van der Waals surface area contributed by atoms with Crippen LogP contribution in [0.3, 0.4) is 0 Å². The van der Waals surface area contributed by atoms with Gasteiger partial charge in [0.1, 0.15) is 5.82 Å². The van der Waals surface area contributed by atoms with E-state index in [1.54, 1.807) is 18.3 Å². The highest BCUT2D eigenvalue weighted by Crippen LogP contribution is 2.31. The van der Waals surface area contributed by atoms with Crippen molar-refractivity contribution in [1.29, 1.82) is 0 Å². The number of carbonyl (C=O) groups excluding carboxylic acids is 1. The van der Waals surface area contributed by atoms with Gasteiger partial charge in [0.25, 0.3) is 5.91 Å². The van der Waals surface area contributed by atoms with Crippen LogP contribution in [0, 0.1) is 5.82 Å². The number of hydrogen-bond donors (Lipinski definition) is 1. The lowest BCUT2D eigenvalue weighted by Crippen LogP contribution is -2.49. The summed E-state index contributed by atoms with van der Waals surface area (Å²) in [5.41, 5.74) is 3.73. The molecular weight excluding hydrogens is 405 g/mol. The van der Waals surface area contributed by atoms with Crippen molar-refractivity contribution >= 4 is 11.6 Å². The van der Waals surface area contributed by atoms with Gasteiger partial charge >= 0.3 is 0 Å². The van der Waals surface area contributed by atoms with Crippen LogP contribution in [0.1, 0.15) is 34.8 Å². The Morgan fingerprint density at radius 3 is 2.28 bits per heavy atom. The summed E-state index contributed by atoms with van der Waals surface area (Å²) in [5, 5.41) is 8.07. The normalized spacial score (nSPS) is 17.5. The van der Waals surface area contributed by atoms with E-state index < -0.39 is 0 Å². The molecule has 0 radical (unpaired) electrons. The lowest BCUT2D eigenvalue weighted by Gasteiger charge is -2.36. The Bertz CT molecular complexity index is 1050. The van der Waals surface area contributed by atoms with Gasteiger partial charge in [0, 0.05) is 37.8 Å². The van der Waals surface area contributed by atoms with Crippen molar-refractivity contribution in [2.45, 2.75) is 18.8 Å². The van der Waals surface area contributed by atoms with Crippen molar-refractivity contribution < 1.29 is 9.18 Å². The van der Waals surface area contributed by atoms with Gasteiger partial charge in [0.2, 0.25) is 0 Å². The van der Waals surface area contributed by atoms with Crippen LogP contribution in [0.4, 0.5) is 10.1 Å². The average Bonchev–Trinajstić information content (AvgIpc) is 3.30. The average molecular weight is 434 g/mol. The number of carbonyl (C=O) groups is 1. The van der Waals surface area contributed by atoms with Crippen LogP contribution in [0.15, 0.2) is 60.8 Å². The second-order valence-electron chi connectivity index (χ2n) is 8.47. The zero-order valence-corrected chi connectivity index (χ0v) is 18.1. The number of benzene rings is 2. The van der Waals surface area contributed by atoms with E-state index in [4.69, 9.17) is 0 Å². The minimum absolute atomic E-state index is 0.0551. The van der Waals surface area contributed by atoms with Crippen molar-refractivity contribution in [3.8, 4) is 5.69 Å². The number of halogens is 1. The fourth-order valence-corrected chi connectivity index (χ4v) is 4.78. The van der Waals surface area contributed by atoms with Crippen LogP contribution in [-0.4, -0.2) is 59.9 Å². The lowest BCUT2D eigenvalue weighted by atomic mass is 9.91. The van der Waals surface area contributed by atoms with E-state index >= 15 is 0 Å². The molecule has 1 amide bonds. The molecule has 0 saturated carbocycles. The molecular formula is C25H28FN5O. The molecule has 0 unspecified atom stereocenters. The van der Waals surface area contributed by atoms with Crippen LogP contribution in [0.5, 0.6) is 0 Å². The lowest BCUT2D eigenvalue weighted by molar-refractivity contribution is 0.0744. The number of para-hydroxylation sites is 1. The standard InChI is InChI=1S/C25H28FN5O/c26-20-6-8-21(9-7-20)29-14-16-30(17-15-29)25(32)23-18-28-31(22-4-2-1-3-5-22)24(23)19-10-12-27-13-11-19/h1-9,18-19,27H,10-17H2. The van der Waals surface area contributed by atoms with Gasteiger partial charge in [-0.05, 0) is 62.3 Å². The Hall–Kier alpha value is -3.19. The molecule has 0 spiro atoms. The summed E-state index contributed by atoms with van der Waals surface area (Å²) in [6.45, 7) is 4.64. The molecule has 32 heavy (non-hydrogen) atoms. The highest BCUT2D eigenvalue weighted by molar-refractivity contribution is 5.95. The maximum atomic E-state index is 13.6. The topological polar surface area (TPSA) is 53.4 Å². The van der Waals surface area contributed by atoms with Crippen LogP contribution < -0.4 is 10.2 Å². The molecule has 2 aliphatic heterocycles. The van der Waals surface area contributed by atoms with Crippen LogP contribution in [-0.2, 0) is 0 Å². The Kier molecular flexibility index (Phi) is 5.90. The fraction of sp³-hybridized carbons (Fsp3) is 0.360. The molecule has 0 atom stereocenters. The van der Waals surface area contributed by atoms with Crippen molar-refractivity contribution in [3.05, 3.63) is 77.9 Å². The Morgan fingerprint density at radius 1 is 0.906 bits per heavy atom. The van der Waals surface area contributed by atoms with Gasteiger partial charge < -0.3 is 15.1 Å². The molecule has 0 bridgehead atoms. The molecule has 1 aromatic heterocycles. The summed E-state index contributed by atoms with van der Waals surface area (Å²) in [6, 6.07) is 16.6. The number of aromatic nitrogens is 2. The number of hydrogen-bond acceptors (Lipinski definition) is 4. The molecule has 2 saturated heterocycles. The molecule has 7 heteroatoms. The fourth-order valence-electron chi connectivity index (χ4n) is 4.78. The highest BCUT2D eigenvalue weighted by atomic mass is 19.1. The number of piperidine rings is 1. The maximum Gasteiger partial charge on any atom is 0.257 e. The van der Waals surface area contributed by atoms with E-state index in [1.165, 1.54) is 12.1 Å². The monoisotopic (exact) mass is 433 g/mol. The van der Waals surface area contributed by atoms with Gasteiger partial charge in [-0.15, -0.1) is 0 Å². The molecule has 1 N–H and O–H groups in total. The van der Waals surface area contributed by atoms with Crippen molar-refractivity contribution in [3.63, 3.8) is 0 Å². The summed E-state index contributed by atoms with van der Waals surface area (Å²) in [7, 11) is 0. The van der Waals surface area contributed by atoms with Gasteiger partial charge in [-0.1, -0.05) is 18.2 Å². The van der Waals surface area contributed by atoms with Gasteiger partial charge in [0.05, 0.1) is 23.1 Å². The van der Waals surface area contributed by atoms with Gasteiger partial charge in [-0.25, -0.2) is 9.07 Å². The summed E-state index contributed by atoms with van der Waals surface area (Å²) < 4.78 is 15.2. The maximum absolute atomic E-state index is 13.6. The third-order valence-electron chi connectivity index (χ3n) is 6.52. The smallest absolute Gasteiger partial charge is 0.257 e. The third kappa shape index (κ3) is 4.12. The first-order chi connectivity index (χ1) is 15.7. The Labute approximate surface area is 187 Å². The minimum atomic E-state index is -0.233. The van der Waals surface area contributed by atoms with Crippen LogP contribution >= 0.6 is 0 Å². The predicted molar refractivity (Wildman–Crippen MR) is 123 cm³/mol. The summed E-state index contributed by atoms with van der Waals surface area (Å²) in [4.78, 5) is 17.7. The number of rotatable bonds is 4. The quantitative estimate of drug-likeness (QED) is 0.685. The van der Waals surface area contributed by atoms with Gasteiger partial charge in [0.15, 0.2) is 0 Å². The number of amides is 1. The van der Waals surface area contributed by atoms with Crippen LogP contribution in [0.25, 0.3) is 5.69 Å². The third-order valence-corrected chi connectivity index (χ3v) is 6.52. The van der Waals surface area contributed by atoms with Crippen molar-refractivity contribution in [2.24, 2.45) is 0 Å². The molecule has 3 heterocycles. The van der Waals surface area contributed by atoms with Gasteiger partial charge in [-0.3, -0.25) is 4.79 Å². The van der Waals surface area contributed by atoms with E-state index in [2.05, 4.69) is 15.3 Å². The largest absolute Gasteiger partial charge is 0.368 e. The first kappa shape index (κ1) is 20.7. The molecule has 2 aromatic carbocycles. The number of nitrogens with zero attached hydrogens (tertiary/aromatic N) is 4. The Balaban J connectivity index is 1.38. The van der Waals surface area contributed by atoms with E-state index in [9.17, 15) is 9.18 Å². The first-order valence-corrected chi connectivity index (χ1v) is 11.3. The number of piperazine rings is 1. The van der Waals surface area contributed by atoms with E-state index in [1.807, 2.05) is 39.9 Å². The first-order valence-electron chi connectivity index (χ1n) is 11.3. The Morgan fingerprint density at radius 2 is 1.59 bits per heavy atom. The summed E-state index contributed by atoms with van der Waals surface area (Å²) >= 11 is 0. The molecule has 5 rings (SSSR count). The number of nitrogens with one attached hydrogen (secondary N) is 1. The minimum Gasteiger partial charge on any atom is -0.368 e. The molecule has 0 aliphatic carbocycles. The SMILES string of the molecule is O=C(c1cnn(-c2ccccc2)c1C1CCNCC1)N1CCN(c2ccc(F)cc2)CC1. The van der Waals surface area contributed by atoms with Crippen LogP contribution in [0.2, 0.25) is 0 Å². The summed E-state index contributed by atoms with van der Waals surface area (Å²) in [5.74, 6) is 0.126. The highest BCUT2D eigenvalue weighted by Gasteiger charge is 2.30. The van der Waals surface area contributed by atoms with Crippen molar-refractivity contribution in [2.75, 3.05) is 44.2 Å². The predicted octanol–water partition coefficient (Wildman–Crippen LogP) is 3.44. The zero-order valence-electron chi connectivity index (χ0n) is 18.1. The van der Waals surface area contributed by atoms with E-state index in [0.717, 1.165) is 61.7 Å². The second-order valence-corrected chi connectivity index (χ2v) is 8.47. The molecule has 2 aliphatic rings.